The third-order valence-corrected chi connectivity index (χ3v) is 6.11. The standard InChI is InChI=1S/C21H29N5OS/c1-15-16(2)28-19(25-15)10-13-24-21(22-3)23-12-6-9-20(27)26-14-11-17-7-4-5-8-18(17)26/h4-5,7-8H,6,9-14H2,1-3H3,(H2,22,23,24). The lowest BCUT2D eigenvalue weighted by atomic mass is 10.2. The molecule has 0 atom stereocenters. The van der Waals surface area contributed by atoms with Gasteiger partial charge in [0.15, 0.2) is 5.96 Å². The van der Waals surface area contributed by atoms with E-state index in [9.17, 15) is 4.79 Å². The SMILES string of the molecule is CN=C(NCCCC(=O)N1CCc2ccccc21)NCCc1nc(C)c(C)s1. The number of carbonyl (C=O) groups excluding carboxylic acids is 1. The maximum absolute atomic E-state index is 12.5. The van der Waals surface area contributed by atoms with Crippen molar-refractivity contribution >= 4 is 28.9 Å². The van der Waals surface area contributed by atoms with Crippen LogP contribution >= 0.6 is 11.3 Å². The average Bonchev–Trinajstić information content (AvgIpc) is 3.26. The van der Waals surface area contributed by atoms with Crippen LogP contribution in [0.15, 0.2) is 29.3 Å². The number of aliphatic imine (C=N–C) groups is 1. The maximum atomic E-state index is 12.5. The van der Waals surface area contributed by atoms with E-state index < -0.39 is 0 Å². The number of aryl methyl sites for hydroxylation is 2. The molecule has 1 aliphatic rings. The minimum atomic E-state index is 0.198. The van der Waals surface area contributed by atoms with Crippen molar-refractivity contribution in [3.63, 3.8) is 0 Å². The molecule has 3 rings (SSSR count). The van der Waals surface area contributed by atoms with Gasteiger partial charge in [-0.25, -0.2) is 4.98 Å². The summed E-state index contributed by atoms with van der Waals surface area (Å²) in [5, 5.41) is 7.75. The molecule has 2 N–H and O–H groups in total. The van der Waals surface area contributed by atoms with Gasteiger partial charge in [0.1, 0.15) is 0 Å². The molecule has 0 bridgehead atoms. The zero-order valence-corrected chi connectivity index (χ0v) is 17.7. The van der Waals surface area contributed by atoms with Crippen LogP contribution in [0, 0.1) is 13.8 Å². The summed E-state index contributed by atoms with van der Waals surface area (Å²) in [6, 6.07) is 8.17. The van der Waals surface area contributed by atoms with Crippen molar-refractivity contribution in [1.29, 1.82) is 0 Å². The van der Waals surface area contributed by atoms with E-state index in [4.69, 9.17) is 0 Å². The van der Waals surface area contributed by atoms with Crippen molar-refractivity contribution < 1.29 is 4.79 Å². The van der Waals surface area contributed by atoms with E-state index in [2.05, 4.69) is 33.6 Å². The second-order valence-corrected chi connectivity index (χ2v) is 8.24. The fourth-order valence-electron chi connectivity index (χ4n) is 3.33. The van der Waals surface area contributed by atoms with E-state index >= 15 is 0 Å². The molecule has 28 heavy (non-hydrogen) atoms. The summed E-state index contributed by atoms with van der Waals surface area (Å²) in [6.45, 7) is 6.45. The molecule has 1 amide bonds. The van der Waals surface area contributed by atoms with E-state index in [0.29, 0.717) is 6.42 Å². The highest BCUT2D eigenvalue weighted by Gasteiger charge is 2.23. The van der Waals surface area contributed by atoms with Crippen LogP contribution in [0.1, 0.15) is 34.0 Å². The van der Waals surface area contributed by atoms with Crippen molar-refractivity contribution in [2.45, 2.75) is 39.5 Å². The van der Waals surface area contributed by atoms with Gasteiger partial charge in [-0.05, 0) is 38.3 Å². The van der Waals surface area contributed by atoms with Crippen molar-refractivity contribution in [3.8, 4) is 0 Å². The second-order valence-electron chi connectivity index (χ2n) is 6.95. The number of fused-ring (bicyclic) bond motifs is 1. The summed E-state index contributed by atoms with van der Waals surface area (Å²) < 4.78 is 0. The highest BCUT2D eigenvalue weighted by atomic mass is 32.1. The number of benzene rings is 1. The van der Waals surface area contributed by atoms with Gasteiger partial charge in [0.05, 0.1) is 10.7 Å². The molecule has 1 aromatic carbocycles. The third-order valence-electron chi connectivity index (χ3n) is 4.98. The number of para-hydroxylation sites is 1. The van der Waals surface area contributed by atoms with Crippen LogP contribution in [-0.4, -0.2) is 43.5 Å². The Labute approximate surface area is 171 Å². The lowest BCUT2D eigenvalue weighted by Crippen LogP contribution is -2.39. The first-order valence-electron chi connectivity index (χ1n) is 9.84. The van der Waals surface area contributed by atoms with Gasteiger partial charge >= 0.3 is 0 Å². The lowest BCUT2D eigenvalue weighted by Gasteiger charge is -2.17. The van der Waals surface area contributed by atoms with Crippen molar-refractivity contribution in [1.82, 2.24) is 15.6 Å². The van der Waals surface area contributed by atoms with Crippen molar-refractivity contribution in [3.05, 3.63) is 45.4 Å². The summed E-state index contributed by atoms with van der Waals surface area (Å²) in [4.78, 5) is 24.5. The van der Waals surface area contributed by atoms with Crippen LogP contribution < -0.4 is 15.5 Å². The molecule has 150 valence electrons. The fraction of sp³-hybridized carbons (Fsp3) is 0.476. The van der Waals surface area contributed by atoms with Crippen LogP contribution in [0.5, 0.6) is 0 Å². The Morgan fingerprint density at radius 3 is 2.79 bits per heavy atom. The molecule has 1 aromatic heterocycles. The molecular weight excluding hydrogens is 370 g/mol. The van der Waals surface area contributed by atoms with E-state index in [0.717, 1.165) is 61.2 Å². The van der Waals surface area contributed by atoms with Gasteiger partial charge in [-0.2, -0.15) is 0 Å². The molecule has 0 unspecified atom stereocenters. The average molecular weight is 400 g/mol. The van der Waals surface area contributed by atoms with Crippen molar-refractivity contribution in [2.75, 3.05) is 31.6 Å². The van der Waals surface area contributed by atoms with Gasteiger partial charge in [0.2, 0.25) is 5.91 Å². The van der Waals surface area contributed by atoms with E-state index in [1.54, 1.807) is 18.4 Å². The van der Waals surface area contributed by atoms with Gasteiger partial charge in [-0.15, -0.1) is 11.3 Å². The van der Waals surface area contributed by atoms with Gasteiger partial charge in [0, 0.05) is 50.1 Å². The number of rotatable bonds is 7. The predicted molar refractivity (Wildman–Crippen MR) is 116 cm³/mol. The molecule has 0 saturated heterocycles. The minimum Gasteiger partial charge on any atom is -0.356 e. The Bertz CT molecular complexity index is 826. The third kappa shape index (κ3) is 5.10. The number of nitrogens with zero attached hydrogens (tertiary/aromatic N) is 3. The quantitative estimate of drug-likeness (QED) is 0.427. The summed E-state index contributed by atoms with van der Waals surface area (Å²) >= 11 is 1.75. The molecule has 0 saturated carbocycles. The number of hydrogen-bond donors (Lipinski definition) is 2. The van der Waals surface area contributed by atoms with Crippen LogP contribution in [0.4, 0.5) is 5.69 Å². The first kappa shape index (κ1) is 20.3. The van der Waals surface area contributed by atoms with Crippen LogP contribution in [0.2, 0.25) is 0 Å². The molecular formula is C21H29N5OS. The van der Waals surface area contributed by atoms with Crippen LogP contribution in [-0.2, 0) is 17.6 Å². The molecule has 0 spiro atoms. The lowest BCUT2D eigenvalue weighted by molar-refractivity contribution is -0.118. The first-order chi connectivity index (χ1) is 13.6. The fourth-order valence-corrected chi connectivity index (χ4v) is 4.27. The summed E-state index contributed by atoms with van der Waals surface area (Å²) in [6.07, 6.45) is 3.15. The van der Waals surface area contributed by atoms with Gasteiger partial charge in [0.25, 0.3) is 0 Å². The highest BCUT2D eigenvalue weighted by Crippen LogP contribution is 2.27. The Morgan fingerprint density at radius 2 is 2.04 bits per heavy atom. The van der Waals surface area contributed by atoms with E-state index in [1.165, 1.54) is 10.4 Å². The molecule has 0 aliphatic carbocycles. The predicted octanol–water partition coefficient (Wildman–Crippen LogP) is 2.84. The number of anilines is 1. The van der Waals surface area contributed by atoms with Crippen LogP contribution in [0.3, 0.4) is 0 Å². The normalized spacial score (nSPS) is 13.5. The minimum absolute atomic E-state index is 0.198. The van der Waals surface area contributed by atoms with Crippen molar-refractivity contribution in [2.24, 2.45) is 4.99 Å². The van der Waals surface area contributed by atoms with E-state index in [-0.39, 0.29) is 5.91 Å². The number of hydrogen-bond acceptors (Lipinski definition) is 4. The highest BCUT2D eigenvalue weighted by molar-refractivity contribution is 7.11. The number of thiazole rings is 1. The number of nitrogens with one attached hydrogen (secondary N) is 2. The Kier molecular flexibility index (Phi) is 7.03. The number of carbonyl (C=O) groups is 1. The van der Waals surface area contributed by atoms with Gasteiger partial charge in [-0.1, -0.05) is 18.2 Å². The Hall–Kier alpha value is -2.41. The number of amides is 1. The monoisotopic (exact) mass is 399 g/mol. The maximum Gasteiger partial charge on any atom is 0.227 e. The molecule has 0 fully saturated rings. The van der Waals surface area contributed by atoms with Gasteiger partial charge < -0.3 is 15.5 Å². The molecule has 6 nitrogen and oxygen atoms in total. The molecule has 1 aliphatic heterocycles. The Morgan fingerprint density at radius 1 is 1.25 bits per heavy atom. The second kappa shape index (κ2) is 9.68. The number of guanidine groups is 1. The summed E-state index contributed by atoms with van der Waals surface area (Å²) in [7, 11) is 1.76. The zero-order chi connectivity index (χ0) is 19.9. The molecule has 2 aromatic rings. The van der Waals surface area contributed by atoms with Crippen LogP contribution in [0.25, 0.3) is 0 Å². The van der Waals surface area contributed by atoms with E-state index in [1.807, 2.05) is 30.0 Å². The molecule has 0 radical (unpaired) electrons. The molecule has 7 heteroatoms. The number of aromatic nitrogens is 1. The Balaban J connectivity index is 1.35. The largest absolute Gasteiger partial charge is 0.356 e. The zero-order valence-electron chi connectivity index (χ0n) is 16.9. The molecule has 2 heterocycles. The summed E-state index contributed by atoms with van der Waals surface area (Å²) in [5.41, 5.74) is 3.46. The smallest absolute Gasteiger partial charge is 0.227 e. The summed E-state index contributed by atoms with van der Waals surface area (Å²) in [5.74, 6) is 0.966. The topological polar surface area (TPSA) is 69.6 Å². The first-order valence-corrected chi connectivity index (χ1v) is 10.7. The van der Waals surface area contributed by atoms with Gasteiger partial charge in [-0.3, -0.25) is 9.79 Å².